The highest BCUT2D eigenvalue weighted by Gasteiger charge is 2.33. The van der Waals surface area contributed by atoms with Crippen LogP contribution in [0.2, 0.25) is 5.02 Å². The van der Waals surface area contributed by atoms with Gasteiger partial charge in [0.1, 0.15) is 11.8 Å². The van der Waals surface area contributed by atoms with Crippen LogP contribution in [0.1, 0.15) is 42.6 Å². The van der Waals surface area contributed by atoms with Crippen molar-refractivity contribution in [3.63, 3.8) is 0 Å². The van der Waals surface area contributed by atoms with Gasteiger partial charge in [-0.1, -0.05) is 11.6 Å². The Bertz CT molecular complexity index is 1030. The van der Waals surface area contributed by atoms with E-state index in [-0.39, 0.29) is 23.4 Å². The van der Waals surface area contributed by atoms with E-state index in [1.165, 1.54) is 18.9 Å². The number of hydrogen-bond donors (Lipinski definition) is 1. The van der Waals surface area contributed by atoms with Gasteiger partial charge in [0.05, 0.1) is 18.1 Å². The molecule has 2 aromatic carbocycles. The summed E-state index contributed by atoms with van der Waals surface area (Å²) in [5.74, 6) is -0.555. The second kappa shape index (κ2) is 11.2. The molecule has 0 bridgehead atoms. The summed E-state index contributed by atoms with van der Waals surface area (Å²) in [6.07, 6.45) is 1.44. The fraction of sp³-hybridized carbons (Fsp3) is 0.391. The zero-order valence-electron chi connectivity index (χ0n) is 18.8. The zero-order valence-corrected chi connectivity index (χ0v) is 19.6. The van der Waals surface area contributed by atoms with Crippen LogP contribution in [0.4, 0.5) is 0 Å². The van der Waals surface area contributed by atoms with E-state index >= 15 is 0 Å². The smallest absolute Gasteiger partial charge is 0.352 e. The highest BCUT2D eigenvalue weighted by atomic mass is 35.5. The first-order chi connectivity index (χ1) is 16.2. The van der Waals surface area contributed by atoms with E-state index in [0.717, 1.165) is 6.42 Å². The molecule has 182 valence electrons. The minimum absolute atomic E-state index is 0.162. The van der Waals surface area contributed by atoms with Gasteiger partial charge in [0.15, 0.2) is 11.4 Å². The number of halogens is 1. The molecule has 1 fully saturated rings. The van der Waals surface area contributed by atoms with Crippen molar-refractivity contribution >= 4 is 23.4 Å². The van der Waals surface area contributed by atoms with Gasteiger partial charge in [-0.3, -0.25) is 4.79 Å². The third kappa shape index (κ3) is 6.36. The monoisotopic (exact) mass is 491 g/mol. The molecule has 11 heteroatoms. The van der Waals surface area contributed by atoms with Gasteiger partial charge < -0.3 is 24.6 Å². The molecule has 0 saturated carbocycles. The minimum Gasteiger partial charge on any atom is -0.569 e. The van der Waals surface area contributed by atoms with Crippen LogP contribution >= 0.6 is 11.6 Å². The summed E-state index contributed by atoms with van der Waals surface area (Å²) >= 11 is 5.86. The Kier molecular flexibility index (Phi) is 8.30. The van der Waals surface area contributed by atoms with Crippen molar-refractivity contribution in [2.45, 2.75) is 38.3 Å². The van der Waals surface area contributed by atoms with Crippen molar-refractivity contribution in [2.24, 2.45) is 5.28 Å². The number of carbonyl (C=O) groups excluding carboxylic acids is 2. The topological polar surface area (TPSA) is 124 Å². The largest absolute Gasteiger partial charge is 0.569 e. The third-order valence-electron chi connectivity index (χ3n) is 5.23. The standard InChI is InChI=1S/C23H26ClN3O7/c1-23(2,22(30)32-15-33-25-27(31)26-13-3-4-19(26)14-28)34-20-11-7-17(8-12-20)21(29)16-5-9-18(24)10-6-16/h5-12,19,28H,3-4,13-15H2,1-2H3/b27-25-/t19-/m0/s1. The molecule has 1 saturated heterocycles. The quantitative estimate of drug-likeness (QED) is 0.102. The zero-order chi connectivity index (χ0) is 24.7. The van der Waals surface area contributed by atoms with Gasteiger partial charge in [0.25, 0.3) is 6.79 Å². The average Bonchev–Trinajstić information content (AvgIpc) is 3.31. The maximum absolute atomic E-state index is 12.6. The Balaban J connectivity index is 1.50. The molecular weight excluding hydrogens is 466 g/mol. The van der Waals surface area contributed by atoms with E-state index in [1.807, 2.05) is 0 Å². The van der Waals surface area contributed by atoms with Gasteiger partial charge in [-0.15, -0.1) is 5.01 Å². The summed E-state index contributed by atoms with van der Waals surface area (Å²) in [5, 5.41) is 26.4. The van der Waals surface area contributed by atoms with Gasteiger partial charge in [-0.05, 0) is 75.2 Å². The first-order valence-electron chi connectivity index (χ1n) is 10.7. The van der Waals surface area contributed by atoms with Gasteiger partial charge in [-0.25, -0.2) is 4.79 Å². The number of aliphatic hydroxyl groups excluding tert-OH is 1. The Morgan fingerprint density at radius 3 is 2.41 bits per heavy atom. The maximum atomic E-state index is 12.6. The number of rotatable bonds is 10. The Morgan fingerprint density at radius 2 is 1.79 bits per heavy atom. The highest BCUT2D eigenvalue weighted by molar-refractivity contribution is 6.30. The summed E-state index contributed by atoms with van der Waals surface area (Å²) in [6, 6.07) is 12.6. The molecule has 1 aliphatic heterocycles. The van der Waals surface area contributed by atoms with E-state index in [4.69, 9.17) is 25.9 Å². The number of hydrogen-bond acceptors (Lipinski definition) is 8. The molecule has 0 aliphatic carbocycles. The second-order valence-electron chi connectivity index (χ2n) is 8.13. The van der Waals surface area contributed by atoms with E-state index in [0.29, 0.717) is 34.9 Å². The lowest BCUT2D eigenvalue weighted by Gasteiger charge is -2.24. The van der Waals surface area contributed by atoms with E-state index in [1.54, 1.807) is 48.5 Å². The van der Waals surface area contributed by atoms with Gasteiger partial charge in [-0.2, -0.15) is 0 Å². The molecular formula is C23H26ClN3O7. The lowest BCUT2D eigenvalue weighted by molar-refractivity contribution is -0.715. The summed E-state index contributed by atoms with van der Waals surface area (Å²) < 4.78 is 10.7. The van der Waals surface area contributed by atoms with Gasteiger partial charge in [0.2, 0.25) is 5.28 Å². The van der Waals surface area contributed by atoms with Crippen LogP contribution in [0.3, 0.4) is 0 Å². The lowest BCUT2D eigenvalue weighted by atomic mass is 10.0. The molecule has 1 heterocycles. The van der Waals surface area contributed by atoms with Crippen LogP contribution in [0.5, 0.6) is 5.75 Å². The van der Waals surface area contributed by atoms with Crippen molar-refractivity contribution in [1.29, 1.82) is 0 Å². The predicted molar refractivity (Wildman–Crippen MR) is 121 cm³/mol. The molecule has 34 heavy (non-hydrogen) atoms. The van der Waals surface area contributed by atoms with E-state index < -0.39 is 18.4 Å². The van der Waals surface area contributed by atoms with Crippen LogP contribution < -0.4 is 4.74 Å². The summed E-state index contributed by atoms with van der Waals surface area (Å²) in [5.41, 5.74) is -0.423. The van der Waals surface area contributed by atoms with Crippen LogP contribution in [-0.2, 0) is 14.4 Å². The molecule has 10 nitrogen and oxygen atoms in total. The highest BCUT2D eigenvalue weighted by Crippen LogP contribution is 2.22. The number of esters is 1. The first-order valence-corrected chi connectivity index (χ1v) is 11.0. The van der Waals surface area contributed by atoms with Crippen LogP contribution in [0.25, 0.3) is 0 Å². The third-order valence-corrected chi connectivity index (χ3v) is 5.49. The Morgan fingerprint density at radius 1 is 1.18 bits per heavy atom. The normalized spacial score (nSPS) is 16.3. The number of benzene rings is 2. The van der Waals surface area contributed by atoms with Crippen molar-refractivity contribution in [3.8, 4) is 5.75 Å². The van der Waals surface area contributed by atoms with Crippen molar-refractivity contribution in [3.05, 3.63) is 69.9 Å². The lowest BCUT2D eigenvalue weighted by Crippen LogP contribution is -2.40. The molecule has 1 atom stereocenters. The number of nitrogens with zero attached hydrogens (tertiary/aromatic N) is 3. The van der Waals surface area contributed by atoms with Crippen molar-refractivity contribution in [1.82, 2.24) is 5.01 Å². The van der Waals surface area contributed by atoms with Gasteiger partial charge in [0, 0.05) is 16.1 Å². The predicted octanol–water partition coefficient (Wildman–Crippen LogP) is 3.49. The fourth-order valence-corrected chi connectivity index (χ4v) is 3.51. The number of carbonyl (C=O) groups is 2. The van der Waals surface area contributed by atoms with E-state index in [2.05, 4.69) is 5.28 Å². The van der Waals surface area contributed by atoms with Gasteiger partial charge >= 0.3 is 5.97 Å². The molecule has 1 aliphatic rings. The fourth-order valence-electron chi connectivity index (χ4n) is 3.38. The van der Waals surface area contributed by atoms with Crippen LogP contribution in [-0.4, -0.2) is 58.4 Å². The Hall–Kier alpha value is -3.37. The Labute approximate surface area is 201 Å². The van der Waals surface area contributed by atoms with E-state index in [9.17, 15) is 19.9 Å². The molecule has 1 N–H and O–H groups in total. The number of ketones is 1. The SMILES string of the molecule is CC(C)(Oc1ccc(C(=O)c2ccc(Cl)cc2)cc1)C(=O)OCO/N=[N+](\[O-])N1CCC[C@H]1CO. The van der Waals surface area contributed by atoms with Crippen LogP contribution in [0, 0.1) is 5.21 Å². The molecule has 0 amide bonds. The average molecular weight is 492 g/mol. The number of hydrazine groups is 1. The van der Waals surface area contributed by atoms with Crippen molar-refractivity contribution < 1.29 is 34.0 Å². The molecule has 0 spiro atoms. The molecule has 2 aromatic rings. The van der Waals surface area contributed by atoms with Crippen LogP contribution in [0.15, 0.2) is 53.8 Å². The molecule has 0 aromatic heterocycles. The summed E-state index contributed by atoms with van der Waals surface area (Å²) in [6.45, 7) is 2.72. The number of ether oxygens (including phenoxy) is 2. The minimum atomic E-state index is -1.38. The maximum Gasteiger partial charge on any atom is 0.352 e. The summed E-state index contributed by atoms with van der Waals surface area (Å²) in [7, 11) is 0. The number of aliphatic hydroxyl groups is 1. The first kappa shape index (κ1) is 25.3. The molecule has 0 unspecified atom stereocenters. The van der Waals surface area contributed by atoms with Crippen molar-refractivity contribution in [2.75, 3.05) is 19.9 Å². The summed E-state index contributed by atoms with van der Waals surface area (Å²) in [4.78, 5) is 30.0. The molecule has 0 radical (unpaired) electrons. The second-order valence-corrected chi connectivity index (χ2v) is 8.56. The molecule has 3 rings (SSSR count).